The maximum Gasteiger partial charge on any atom is 0.300 e. The first kappa shape index (κ1) is 9.76. The highest BCUT2D eigenvalue weighted by atomic mass is 16.5. The number of hydrogen-bond donors (Lipinski definition) is 2. The van der Waals surface area contributed by atoms with Crippen LogP contribution in [0.5, 0.6) is 0 Å². The van der Waals surface area contributed by atoms with Crippen molar-refractivity contribution in [2.24, 2.45) is 5.84 Å². The summed E-state index contributed by atoms with van der Waals surface area (Å²) in [6.45, 7) is 2.86. The number of carbonyl (C=O) groups excluding carboxylic acids is 1. The zero-order chi connectivity index (χ0) is 9.68. The number of amides is 1. The molecule has 1 amide bonds. The molecule has 1 rings (SSSR count). The topological polar surface area (TPSA) is 77.5 Å². The molecule has 0 aliphatic heterocycles. The Hall–Kier alpha value is -1.33. The van der Waals surface area contributed by atoms with Gasteiger partial charge in [0.1, 0.15) is 12.4 Å². The Morgan fingerprint density at radius 2 is 2.46 bits per heavy atom. The van der Waals surface area contributed by atoms with E-state index in [4.69, 9.17) is 15.0 Å². The van der Waals surface area contributed by atoms with E-state index in [-0.39, 0.29) is 5.76 Å². The Morgan fingerprint density at radius 3 is 3.08 bits per heavy atom. The average Bonchev–Trinajstić information content (AvgIpc) is 2.62. The highest BCUT2D eigenvalue weighted by molar-refractivity contribution is 5.90. The Kier molecular flexibility index (Phi) is 3.48. The molecule has 5 nitrogen and oxygen atoms in total. The van der Waals surface area contributed by atoms with Crippen molar-refractivity contribution >= 4 is 5.91 Å². The molecule has 0 radical (unpaired) electrons. The fourth-order valence-corrected chi connectivity index (χ4v) is 0.851. The minimum absolute atomic E-state index is 0.192. The van der Waals surface area contributed by atoms with E-state index >= 15 is 0 Å². The van der Waals surface area contributed by atoms with Gasteiger partial charge in [0.2, 0.25) is 0 Å². The predicted molar refractivity (Wildman–Crippen MR) is 45.7 cm³/mol. The summed E-state index contributed by atoms with van der Waals surface area (Å²) in [6, 6.07) is 3.23. The smallest absolute Gasteiger partial charge is 0.300 e. The number of furan rings is 1. The van der Waals surface area contributed by atoms with Crippen molar-refractivity contribution < 1.29 is 13.9 Å². The maximum atomic E-state index is 10.9. The van der Waals surface area contributed by atoms with Crippen LogP contribution in [0.1, 0.15) is 23.2 Å². The van der Waals surface area contributed by atoms with Gasteiger partial charge in [0.25, 0.3) is 0 Å². The number of hydrogen-bond acceptors (Lipinski definition) is 4. The third-order valence-corrected chi connectivity index (χ3v) is 1.46. The highest BCUT2D eigenvalue weighted by Crippen LogP contribution is 2.08. The third kappa shape index (κ3) is 2.57. The van der Waals surface area contributed by atoms with Crippen molar-refractivity contribution in [2.45, 2.75) is 13.5 Å². The van der Waals surface area contributed by atoms with Crippen LogP contribution in [-0.2, 0) is 11.3 Å². The van der Waals surface area contributed by atoms with E-state index in [1.807, 2.05) is 12.3 Å². The summed E-state index contributed by atoms with van der Waals surface area (Å²) in [5, 5.41) is 0. The zero-order valence-corrected chi connectivity index (χ0v) is 7.37. The lowest BCUT2D eigenvalue weighted by Gasteiger charge is -1.96. The number of hydrazine groups is 1. The van der Waals surface area contributed by atoms with Crippen LogP contribution in [0.3, 0.4) is 0 Å². The van der Waals surface area contributed by atoms with Crippen LogP contribution < -0.4 is 11.3 Å². The molecule has 0 aromatic carbocycles. The van der Waals surface area contributed by atoms with Gasteiger partial charge in [-0.05, 0) is 19.1 Å². The van der Waals surface area contributed by atoms with Crippen molar-refractivity contribution in [3.63, 3.8) is 0 Å². The molecule has 72 valence electrons. The van der Waals surface area contributed by atoms with E-state index in [1.165, 1.54) is 0 Å². The number of nitrogen functional groups attached to an aromatic ring is 1. The maximum absolute atomic E-state index is 10.9. The molecular weight excluding hydrogens is 172 g/mol. The molecule has 0 aliphatic rings. The molecular formula is C8H12N2O3. The number of rotatable bonds is 4. The van der Waals surface area contributed by atoms with Crippen LogP contribution in [0.15, 0.2) is 16.5 Å². The summed E-state index contributed by atoms with van der Waals surface area (Å²) in [5.41, 5.74) is 1.98. The number of carbonyl (C=O) groups is 1. The lowest BCUT2D eigenvalue weighted by molar-refractivity contribution is 0.0906. The van der Waals surface area contributed by atoms with Gasteiger partial charge in [0.05, 0.1) is 0 Å². The first-order valence-corrected chi connectivity index (χ1v) is 3.95. The minimum Gasteiger partial charge on any atom is -0.453 e. The van der Waals surface area contributed by atoms with E-state index < -0.39 is 5.91 Å². The first-order chi connectivity index (χ1) is 6.27. The summed E-state index contributed by atoms with van der Waals surface area (Å²) in [4.78, 5) is 10.9. The van der Waals surface area contributed by atoms with E-state index in [1.54, 1.807) is 12.1 Å². The van der Waals surface area contributed by atoms with E-state index in [0.29, 0.717) is 19.0 Å². The monoisotopic (exact) mass is 184 g/mol. The third-order valence-electron chi connectivity index (χ3n) is 1.46. The normalized spacial score (nSPS) is 10.0. The summed E-state index contributed by atoms with van der Waals surface area (Å²) < 4.78 is 10.2. The minimum atomic E-state index is -0.442. The molecule has 1 heterocycles. The largest absolute Gasteiger partial charge is 0.453 e. The molecule has 0 unspecified atom stereocenters. The van der Waals surface area contributed by atoms with E-state index in [9.17, 15) is 4.79 Å². The molecule has 1 aromatic rings. The second-order valence-corrected chi connectivity index (χ2v) is 2.38. The second kappa shape index (κ2) is 4.64. The highest BCUT2D eigenvalue weighted by Gasteiger charge is 2.08. The van der Waals surface area contributed by atoms with Gasteiger partial charge in [0, 0.05) is 6.61 Å². The Bertz CT molecular complexity index is 283. The van der Waals surface area contributed by atoms with Crippen LogP contribution >= 0.6 is 0 Å². The van der Waals surface area contributed by atoms with Gasteiger partial charge in [-0.15, -0.1) is 0 Å². The van der Waals surface area contributed by atoms with Crippen molar-refractivity contribution in [3.05, 3.63) is 23.7 Å². The van der Waals surface area contributed by atoms with Crippen LogP contribution in [0.4, 0.5) is 0 Å². The molecule has 0 bridgehead atoms. The van der Waals surface area contributed by atoms with Gasteiger partial charge in [-0.25, -0.2) is 5.84 Å². The fourth-order valence-electron chi connectivity index (χ4n) is 0.851. The van der Waals surface area contributed by atoms with Crippen LogP contribution in [0, 0.1) is 0 Å². The molecule has 1 aromatic heterocycles. The predicted octanol–water partition coefficient (Wildman–Crippen LogP) is 0.420. The van der Waals surface area contributed by atoms with Crippen molar-refractivity contribution in [2.75, 3.05) is 6.61 Å². The summed E-state index contributed by atoms with van der Waals surface area (Å²) >= 11 is 0. The Morgan fingerprint density at radius 1 is 1.69 bits per heavy atom. The number of nitrogens with one attached hydrogen (secondary N) is 1. The summed E-state index contributed by atoms with van der Waals surface area (Å²) in [6.07, 6.45) is 0. The van der Waals surface area contributed by atoms with Gasteiger partial charge in [-0.3, -0.25) is 10.2 Å². The molecule has 0 atom stereocenters. The Balaban J connectivity index is 2.58. The van der Waals surface area contributed by atoms with Gasteiger partial charge < -0.3 is 9.15 Å². The van der Waals surface area contributed by atoms with E-state index in [2.05, 4.69) is 0 Å². The Labute approximate surface area is 75.8 Å². The summed E-state index contributed by atoms with van der Waals surface area (Å²) in [7, 11) is 0. The lowest BCUT2D eigenvalue weighted by Crippen LogP contribution is -2.29. The molecule has 0 aliphatic carbocycles. The molecule has 0 saturated carbocycles. The second-order valence-electron chi connectivity index (χ2n) is 2.38. The number of ether oxygens (including phenoxy) is 1. The number of nitrogens with two attached hydrogens (primary N) is 1. The molecule has 0 spiro atoms. The molecule has 5 heteroatoms. The fraction of sp³-hybridized carbons (Fsp3) is 0.375. The SMILES string of the molecule is CCOCc1ccc(C(=O)NN)o1. The van der Waals surface area contributed by atoms with Crippen molar-refractivity contribution in [3.8, 4) is 0 Å². The van der Waals surface area contributed by atoms with Crippen molar-refractivity contribution in [1.29, 1.82) is 0 Å². The van der Waals surface area contributed by atoms with E-state index in [0.717, 1.165) is 0 Å². The molecule has 0 fully saturated rings. The van der Waals surface area contributed by atoms with Crippen LogP contribution in [0.25, 0.3) is 0 Å². The first-order valence-electron chi connectivity index (χ1n) is 3.95. The molecule has 0 saturated heterocycles. The molecule has 13 heavy (non-hydrogen) atoms. The van der Waals surface area contributed by atoms with Crippen LogP contribution in [0.2, 0.25) is 0 Å². The average molecular weight is 184 g/mol. The quantitative estimate of drug-likeness (QED) is 0.404. The lowest BCUT2D eigenvalue weighted by atomic mass is 10.4. The summed E-state index contributed by atoms with van der Waals surface area (Å²) in [5.74, 6) is 5.28. The van der Waals surface area contributed by atoms with Gasteiger partial charge in [-0.1, -0.05) is 0 Å². The van der Waals surface area contributed by atoms with Gasteiger partial charge >= 0.3 is 5.91 Å². The van der Waals surface area contributed by atoms with Gasteiger partial charge in [0.15, 0.2) is 5.76 Å². The van der Waals surface area contributed by atoms with Crippen molar-refractivity contribution in [1.82, 2.24) is 5.43 Å². The standard InChI is InChI=1S/C8H12N2O3/c1-2-12-5-6-3-4-7(13-6)8(11)10-9/h3-4H,2,5,9H2,1H3,(H,10,11). The van der Waals surface area contributed by atoms with Crippen LogP contribution in [-0.4, -0.2) is 12.5 Å². The zero-order valence-electron chi connectivity index (χ0n) is 7.37. The molecule has 3 N–H and O–H groups in total. The van der Waals surface area contributed by atoms with Gasteiger partial charge in [-0.2, -0.15) is 0 Å².